The van der Waals surface area contributed by atoms with Crippen LogP contribution in [0.5, 0.6) is 23.0 Å². The molecule has 0 spiro atoms. The third kappa shape index (κ3) is 13.0. The predicted molar refractivity (Wildman–Crippen MR) is 323 cm³/mol. The van der Waals surface area contributed by atoms with Crippen LogP contribution >= 0.6 is 6.72 Å². The van der Waals surface area contributed by atoms with Crippen molar-refractivity contribution in [2.45, 2.75) is 81.2 Å². The van der Waals surface area contributed by atoms with Crippen molar-refractivity contribution in [3.8, 4) is 23.0 Å². The molecule has 8 aromatic rings. The van der Waals surface area contributed by atoms with Crippen molar-refractivity contribution in [2.75, 3.05) is 47.0 Å². The van der Waals surface area contributed by atoms with Crippen LogP contribution in [-0.2, 0) is 55.8 Å². The smallest absolute Gasteiger partial charge is 0.351 e. The molecule has 3 N–H and O–H groups in total. The maximum Gasteiger partial charge on any atom is 0.351 e. The number of ether oxygens (including phenoxy) is 8. The first-order chi connectivity index (χ1) is 41.6. The topological polar surface area (TPSA) is 231 Å². The summed E-state index contributed by atoms with van der Waals surface area (Å²) in [6.45, 7) is -1.78. The molecule has 7 atom stereocenters. The zero-order valence-corrected chi connectivity index (χ0v) is 49.8. The van der Waals surface area contributed by atoms with Gasteiger partial charge in [-0.3, -0.25) is 23.7 Å². The zero-order valence-electron chi connectivity index (χ0n) is 48.1. The maximum absolute atomic E-state index is 13.8. The fourth-order valence-corrected chi connectivity index (χ4v) is 12.4. The lowest BCUT2D eigenvalue weighted by molar-refractivity contribution is -0.115. The summed E-state index contributed by atoms with van der Waals surface area (Å²) in [5.41, 5.74) is -0.0859. The van der Waals surface area contributed by atoms with E-state index in [-0.39, 0.29) is 43.2 Å². The van der Waals surface area contributed by atoms with Gasteiger partial charge < -0.3 is 57.2 Å². The minimum Gasteiger partial charge on any atom is -0.497 e. The van der Waals surface area contributed by atoms with Crippen molar-refractivity contribution in [1.29, 1.82) is 0 Å². The lowest BCUT2D eigenvalue weighted by Gasteiger charge is -2.39. The predicted octanol–water partition coefficient (Wildman–Crippen LogP) is 9.06. The van der Waals surface area contributed by atoms with Crippen molar-refractivity contribution < 1.29 is 56.6 Å². The van der Waals surface area contributed by atoms with Crippen LogP contribution in [0.1, 0.15) is 77.6 Å². The summed E-state index contributed by atoms with van der Waals surface area (Å²) in [5, 5.41) is 2.62. The van der Waals surface area contributed by atoms with Crippen LogP contribution in [0.25, 0.3) is 0 Å². The molecule has 2 saturated heterocycles. The Balaban J connectivity index is 1.01. The quantitative estimate of drug-likeness (QED) is 0.0378. The molecule has 22 heteroatoms. The van der Waals surface area contributed by atoms with Crippen molar-refractivity contribution in [2.24, 2.45) is 0 Å². The van der Waals surface area contributed by atoms with Gasteiger partial charge in [0.25, 0.3) is 5.56 Å². The molecule has 2 aromatic heterocycles. The fourth-order valence-electron chi connectivity index (χ4n) is 10.9. The molecule has 10 rings (SSSR count). The molecule has 2 fully saturated rings. The average Bonchev–Trinajstić information content (AvgIpc) is 1.30. The Morgan fingerprint density at radius 2 is 1.08 bits per heavy atom. The number of nitrogens with one attached hydrogen (secondary N) is 2. The summed E-state index contributed by atoms with van der Waals surface area (Å²) in [6.07, 6.45) is -3.21. The van der Waals surface area contributed by atoms with Gasteiger partial charge >= 0.3 is 18.1 Å². The lowest BCUT2D eigenvalue weighted by atomic mass is 9.79. The molecule has 4 heterocycles. The number of methoxy groups -OCH3 is 4. The van der Waals surface area contributed by atoms with E-state index >= 15 is 0 Å². The normalized spacial score (nSPS) is 19.3. The highest BCUT2D eigenvalue weighted by molar-refractivity contribution is 8.07. The standard InChI is InChI=1S/C64H66N5O15PS/c1-7-57(70)65-56-34-35-68(61(72)66-56)58-37-53(54(81-58)39-79-63(42-14-10-8-11-15-42,44-18-26-48(75-3)27-19-44)45-20-28-49(76-4)29-21-45)84-85(74,86)80-40-55-52(36-59(82-55)69-38-41(2)60(71)67-62(69)73)83-64(43-16-12-9-13-17-43,46-22-30-50(77-5)31-23-46)47-24-32-51(78-6)33-25-47/h8-35,38,52-55,58-59H,7,36-37,39-40H2,1-6H3,(H,74,86)(H,67,71,73)(H,65,66,70,72)/t52-,53-,54+,55+,58+,59+,85?/m0/s1. The zero-order chi connectivity index (χ0) is 60.6. The van der Waals surface area contributed by atoms with E-state index in [0.717, 1.165) is 22.3 Å². The molecular formula is C64H66N5O15PS. The number of anilines is 1. The first kappa shape index (κ1) is 61.0. The van der Waals surface area contributed by atoms with E-state index < -0.39 is 78.3 Å². The molecule has 2 aliphatic heterocycles. The summed E-state index contributed by atoms with van der Waals surface area (Å²) < 4.78 is 66.1. The molecule has 0 bridgehead atoms. The van der Waals surface area contributed by atoms with E-state index in [0.29, 0.717) is 34.1 Å². The van der Waals surface area contributed by atoms with Crippen molar-refractivity contribution in [3.05, 3.63) is 246 Å². The molecule has 448 valence electrons. The molecule has 0 radical (unpaired) electrons. The monoisotopic (exact) mass is 1210 g/mol. The first-order valence-corrected chi connectivity index (χ1v) is 30.4. The Morgan fingerprint density at radius 1 is 0.640 bits per heavy atom. The number of aromatic nitrogens is 4. The van der Waals surface area contributed by atoms with Gasteiger partial charge in [0.1, 0.15) is 64.7 Å². The number of carbonyl (C=O) groups excluding carboxylic acids is 1. The second-order valence-electron chi connectivity index (χ2n) is 20.5. The number of aryl methyl sites for hydroxylation is 1. The van der Waals surface area contributed by atoms with Gasteiger partial charge in [-0.2, -0.15) is 4.98 Å². The summed E-state index contributed by atoms with van der Waals surface area (Å²) in [4.78, 5) is 71.4. The molecule has 0 saturated carbocycles. The lowest BCUT2D eigenvalue weighted by Crippen LogP contribution is -2.41. The summed E-state index contributed by atoms with van der Waals surface area (Å²) in [7, 11) is 6.33. The summed E-state index contributed by atoms with van der Waals surface area (Å²) in [6, 6.07) is 50.7. The number of hydrogen-bond acceptors (Lipinski definition) is 16. The van der Waals surface area contributed by atoms with Crippen molar-refractivity contribution in [1.82, 2.24) is 19.1 Å². The van der Waals surface area contributed by atoms with E-state index in [1.807, 2.05) is 158 Å². The Kier molecular flexibility index (Phi) is 18.9. The van der Waals surface area contributed by atoms with Gasteiger partial charge in [0.05, 0.1) is 53.9 Å². The summed E-state index contributed by atoms with van der Waals surface area (Å²) >= 11 is 5.92. The number of hydrogen-bond donors (Lipinski definition) is 3. The third-order valence-corrected chi connectivity index (χ3v) is 16.9. The highest BCUT2D eigenvalue weighted by atomic mass is 32.5. The molecule has 20 nitrogen and oxygen atoms in total. The molecule has 6 aromatic carbocycles. The van der Waals surface area contributed by atoms with Crippen LogP contribution in [0, 0.1) is 6.92 Å². The Labute approximate surface area is 501 Å². The third-order valence-electron chi connectivity index (χ3n) is 15.4. The molecule has 86 heavy (non-hydrogen) atoms. The molecule has 0 aliphatic carbocycles. The number of aromatic amines is 1. The van der Waals surface area contributed by atoms with Crippen LogP contribution in [0.3, 0.4) is 0 Å². The van der Waals surface area contributed by atoms with Gasteiger partial charge in [-0.1, -0.05) is 116 Å². The number of H-pyrrole nitrogens is 1. The van der Waals surface area contributed by atoms with Crippen LogP contribution in [0.2, 0.25) is 0 Å². The van der Waals surface area contributed by atoms with E-state index in [1.165, 1.54) is 27.6 Å². The number of carbonyl (C=O) groups is 1. The SMILES string of the molecule is CCC(=O)Nc1ccn([C@H]2C[C@H](OP(O)(=S)OC[C@H]3O[C@@H](n4cc(C)c(=O)[nH]c4=O)C[C@@H]3OC(c3ccccc3)(c3ccc(OC)cc3)c3ccc(OC)cc3)[C@@H](COC(c3ccccc3)(c3ccc(OC)cc3)c3ccc(OC)cc3)O2)c(=O)n1. The largest absolute Gasteiger partial charge is 0.497 e. The second-order valence-corrected chi connectivity index (χ2v) is 23.3. The molecule has 1 unspecified atom stereocenters. The summed E-state index contributed by atoms with van der Waals surface area (Å²) in [5.74, 6) is 2.19. The van der Waals surface area contributed by atoms with Gasteiger partial charge in [0, 0.05) is 37.2 Å². The van der Waals surface area contributed by atoms with Gasteiger partial charge in [-0.25, -0.2) is 9.59 Å². The number of benzene rings is 6. The molecule has 2 aliphatic rings. The number of nitrogens with zero attached hydrogens (tertiary/aromatic N) is 3. The van der Waals surface area contributed by atoms with E-state index in [4.69, 9.17) is 58.7 Å². The van der Waals surface area contributed by atoms with Gasteiger partial charge in [0.15, 0.2) is 0 Å². The first-order valence-electron chi connectivity index (χ1n) is 27.8. The second kappa shape index (κ2) is 26.7. The van der Waals surface area contributed by atoms with Gasteiger partial charge in [0.2, 0.25) is 5.91 Å². The van der Waals surface area contributed by atoms with Crippen molar-refractivity contribution >= 4 is 30.3 Å². The number of rotatable bonds is 24. The fraction of sp³-hybridized carbons (Fsp3) is 0.297. The van der Waals surface area contributed by atoms with Crippen LogP contribution in [0.4, 0.5) is 5.82 Å². The van der Waals surface area contributed by atoms with E-state index in [9.17, 15) is 24.1 Å². The average molecular weight is 1210 g/mol. The van der Waals surface area contributed by atoms with Crippen LogP contribution in [-0.4, -0.2) is 96.0 Å². The Hall–Kier alpha value is -8.08. The van der Waals surface area contributed by atoms with Crippen molar-refractivity contribution in [3.63, 3.8) is 0 Å². The van der Waals surface area contributed by atoms with Crippen LogP contribution < -0.4 is 41.2 Å². The van der Waals surface area contributed by atoms with E-state index in [1.54, 1.807) is 42.3 Å². The molecule has 1 amide bonds. The minimum atomic E-state index is -4.39. The molecular weight excluding hydrogens is 1140 g/mol. The highest BCUT2D eigenvalue weighted by Gasteiger charge is 2.49. The number of amides is 1. The highest BCUT2D eigenvalue weighted by Crippen LogP contribution is 2.52. The van der Waals surface area contributed by atoms with Gasteiger partial charge in [-0.05, 0) is 107 Å². The van der Waals surface area contributed by atoms with E-state index in [2.05, 4.69) is 15.3 Å². The van der Waals surface area contributed by atoms with Crippen LogP contribution in [0.15, 0.2) is 191 Å². The Bertz CT molecular complexity index is 3740. The Morgan fingerprint density at radius 3 is 1.56 bits per heavy atom. The maximum atomic E-state index is 13.8. The van der Waals surface area contributed by atoms with Gasteiger partial charge in [-0.15, -0.1) is 0 Å². The minimum absolute atomic E-state index is 0.0439.